The predicted molar refractivity (Wildman–Crippen MR) is 113 cm³/mol. The molecular formula is C21H19BrN2O3S. The molecule has 5 nitrogen and oxygen atoms in total. The largest absolute Gasteiger partial charge is 0.325 e. The number of benzene rings is 3. The van der Waals surface area contributed by atoms with Gasteiger partial charge in [-0.3, -0.25) is 4.79 Å². The average molecular weight is 459 g/mol. The molecule has 28 heavy (non-hydrogen) atoms. The monoisotopic (exact) mass is 458 g/mol. The van der Waals surface area contributed by atoms with Crippen molar-refractivity contribution in [1.82, 2.24) is 4.72 Å². The van der Waals surface area contributed by atoms with E-state index in [0.29, 0.717) is 5.69 Å². The van der Waals surface area contributed by atoms with Gasteiger partial charge < -0.3 is 5.32 Å². The smallest absolute Gasteiger partial charge is 0.242 e. The molecule has 3 rings (SSSR count). The second-order valence-corrected chi connectivity index (χ2v) is 8.81. The summed E-state index contributed by atoms with van der Waals surface area (Å²) in [5, 5.41) is 2.78. The Bertz CT molecular complexity index is 1040. The molecule has 1 amide bonds. The van der Waals surface area contributed by atoms with Gasteiger partial charge in [0.2, 0.25) is 15.9 Å². The van der Waals surface area contributed by atoms with Crippen LogP contribution in [0.5, 0.6) is 0 Å². The summed E-state index contributed by atoms with van der Waals surface area (Å²) in [6, 6.07) is 23.5. The summed E-state index contributed by atoms with van der Waals surface area (Å²) < 4.78 is 28.8. The second-order valence-electron chi connectivity index (χ2n) is 6.18. The van der Waals surface area contributed by atoms with Gasteiger partial charge in [0.15, 0.2) is 0 Å². The summed E-state index contributed by atoms with van der Waals surface area (Å²) in [6.07, 6.45) is 0.229. The third kappa shape index (κ3) is 5.51. The van der Waals surface area contributed by atoms with E-state index in [-0.39, 0.29) is 11.3 Å². The van der Waals surface area contributed by atoms with Gasteiger partial charge in [-0.1, -0.05) is 70.5 Å². The van der Waals surface area contributed by atoms with Gasteiger partial charge >= 0.3 is 0 Å². The molecule has 0 fully saturated rings. The Morgan fingerprint density at radius 3 is 2.18 bits per heavy atom. The molecular weight excluding hydrogens is 440 g/mol. The zero-order chi connectivity index (χ0) is 20.0. The summed E-state index contributed by atoms with van der Waals surface area (Å²) in [6.45, 7) is 0. The summed E-state index contributed by atoms with van der Waals surface area (Å²) in [4.78, 5) is 13.0. The normalized spacial score (nSPS) is 12.3. The van der Waals surface area contributed by atoms with Crippen LogP contribution in [0.4, 0.5) is 5.69 Å². The Morgan fingerprint density at radius 1 is 0.893 bits per heavy atom. The van der Waals surface area contributed by atoms with Crippen molar-refractivity contribution in [2.24, 2.45) is 0 Å². The maximum absolute atomic E-state index is 12.9. The minimum absolute atomic E-state index is 0.114. The van der Waals surface area contributed by atoms with Gasteiger partial charge in [-0.15, -0.1) is 0 Å². The van der Waals surface area contributed by atoms with Crippen LogP contribution in [0.3, 0.4) is 0 Å². The van der Waals surface area contributed by atoms with Crippen LogP contribution in [0.25, 0.3) is 0 Å². The lowest BCUT2D eigenvalue weighted by Crippen LogP contribution is -2.45. The van der Waals surface area contributed by atoms with E-state index in [1.165, 1.54) is 12.1 Å². The van der Waals surface area contributed by atoms with Gasteiger partial charge in [0, 0.05) is 10.2 Å². The van der Waals surface area contributed by atoms with Gasteiger partial charge in [0.1, 0.15) is 6.04 Å². The first-order chi connectivity index (χ1) is 13.4. The molecule has 0 aliphatic rings. The molecule has 0 spiro atoms. The summed E-state index contributed by atoms with van der Waals surface area (Å²) in [5.74, 6) is -0.429. The number of hydrogen-bond donors (Lipinski definition) is 2. The number of halogens is 1. The Labute approximate surface area is 173 Å². The molecule has 3 aromatic carbocycles. The number of nitrogens with one attached hydrogen (secondary N) is 2. The van der Waals surface area contributed by atoms with Gasteiger partial charge in [-0.05, 0) is 42.3 Å². The molecule has 0 unspecified atom stereocenters. The van der Waals surface area contributed by atoms with Crippen LogP contribution in [0.15, 0.2) is 94.3 Å². The Hall–Kier alpha value is -2.48. The minimum atomic E-state index is -3.85. The lowest BCUT2D eigenvalue weighted by molar-refractivity contribution is -0.117. The van der Waals surface area contributed by atoms with E-state index in [2.05, 4.69) is 26.0 Å². The van der Waals surface area contributed by atoms with E-state index in [0.717, 1.165) is 10.0 Å². The van der Waals surface area contributed by atoms with Crippen LogP contribution in [0, 0.1) is 0 Å². The maximum atomic E-state index is 12.9. The van der Waals surface area contributed by atoms with Crippen LogP contribution in [0.1, 0.15) is 5.56 Å². The van der Waals surface area contributed by atoms with Crippen molar-refractivity contribution >= 4 is 37.5 Å². The van der Waals surface area contributed by atoms with Gasteiger partial charge in [-0.2, -0.15) is 4.72 Å². The molecule has 1 atom stereocenters. The molecule has 0 radical (unpaired) electrons. The van der Waals surface area contributed by atoms with Crippen molar-refractivity contribution in [1.29, 1.82) is 0 Å². The average Bonchev–Trinajstić information content (AvgIpc) is 2.69. The molecule has 0 heterocycles. The molecule has 0 saturated carbocycles. The first-order valence-corrected chi connectivity index (χ1v) is 10.9. The van der Waals surface area contributed by atoms with E-state index < -0.39 is 22.0 Å². The third-order valence-corrected chi connectivity index (χ3v) is 6.02. The molecule has 144 valence electrons. The van der Waals surface area contributed by atoms with Crippen LogP contribution in [-0.4, -0.2) is 20.4 Å². The summed E-state index contributed by atoms with van der Waals surface area (Å²) in [7, 11) is -3.85. The third-order valence-electron chi connectivity index (χ3n) is 4.04. The SMILES string of the molecule is O=C(Nc1cccc(Br)c1)[C@@H](Cc1ccccc1)NS(=O)(=O)c1ccccc1. The fraction of sp³-hybridized carbons (Fsp3) is 0.0952. The maximum Gasteiger partial charge on any atom is 0.242 e. The first-order valence-electron chi connectivity index (χ1n) is 8.62. The zero-order valence-electron chi connectivity index (χ0n) is 14.9. The van der Waals surface area contributed by atoms with Crippen molar-refractivity contribution in [3.05, 3.63) is 95.0 Å². The minimum Gasteiger partial charge on any atom is -0.325 e. The number of sulfonamides is 1. The molecule has 0 aliphatic heterocycles. The molecule has 0 aromatic heterocycles. The van der Waals surface area contributed by atoms with Crippen molar-refractivity contribution in [3.63, 3.8) is 0 Å². The van der Waals surface area contributed by atoms with Gasteiger partial charge in [0.05, 0.1) is 4.90 Å². The highest BCUT2D eigenvalue weighted by atomic mass is 79.9. The molecule has 7 heteroatoms. The highest BCUT2D eigenvalue weighted by molar-refractivity contribution is 9.10. The first kappa shape index (κ1) is 20.3. The van der Waals surface area contributed by atoms with Crippen LogP contribution < -0.4 is 10.0 Å². The van der Waals surface area contributed by atoms with E-state index >= 15 is 0 Å². The quantitative estimate of drug-likeness (QED) is 0.562. The summed E-state index contributed by atoms with van der Waals surface area (Å²) >= 11 is 3.36. The van der Waals surface area contributed by atoms with Crippen molar-refractivity contribution < 1.29 is 13.2 Å². The van der Waals surface area contributed by atoms with Crippen molar-refractivity contribution in [2.75, 3.05) is 5.32 Å². The van der Waals surface area contributed by atoms with E-state index in [9.17, 15) is 13.2 Å². The van der Waals surface area contributed by atoms with Crippen LogP contribution in [-0.2, 0) is 21.2 Å². The number of carbonyl (C=O) groups is 1. The Kier molecular flexibility index (Phi) is 6.61. The highest BCUT2D eigenvalue weighted by Gasteiger charge is 2.26. The predicted octanol–water partition coefficient (Wildman–Crippen LogP) is 3.98. The van der Waals surface area contributed by atoms with Crippen LogP contribution in [0.2, 0.25) is 0 Å². The highest BCUT2D eigenvalue weighted by Crippen LogP contribution is 2.17. The van der Waals surface area contributed by atoms with E-state index in [1.54, 1.807) is 36.4 Å². The number of hydrogen-bond acceptors (Lipinski definition) is 3. The second kappa shape index (κ2) is 9.14. The van der Waals surface area contributed by atoms with E-state index in [4.69, 9.17) is 0 Å². The fourth-order valence-electron chi connectivity index (χ4n) is 2.69. The number of anilines is 1. The zero-order valence-corrected chi connectivity index (χ0v) is 17.3. The Morgan fingerprint density at radius 2 is 1.54 bits per heavy atom. The van der Waals surface area contributed by atoms with Crippen molar-refractivity contribution in [2.45, 2.75) is 17.4 Å². The lowest BCUT2D eigenvalue weighted by atomic mass is 10.1. The number of amides is 1. The molecule has 0 aliphatic carbocycles. The number of carbonyl (C=O) groups excluding carboxylic acids is 1. The topological polar surface area (TPSA) is 75.3 Å². The lowest BCUT2D eigenvalue weighted by Gasteiger charge is -2.19. The fourth-order valence-corrected chi connectivity index (χ4v) is 4.30. The van der Waals surface area contributed by atoms with Gasteiger partial charge in [-0.25, -0.2) is 8.42 Å². The molecule has 0 bridgehead atoms. The Balaban J connectivity index is 1.85. The number of rotatable bonds is 7. The van der Waals surface area contributed by atoms with Gasteiger partial charge in [0.25, 0.3) is 0 Å². The standard InChI is InChI=1S/C21H19BrN2O3S/c22-17-10-7-11-18(15-17)23-21(25)20(14-16-8-3-1-4-9-16)24-28(26,27)19-12-5-2-6-13-19/h1-13,15,20,24H,14H2,(H,23,25)/t20-/m1/s1. The van der Waals surface area contributed by atoms with E-state index in [1.807, 2.05) is 36.4 Å². The van der Waals surface area contributed by atoms with Crippen LogP contribution >= 0.6 is 15.9 Å². The molecule has 2 N–H and O–H groups in total. The molecule has 3 aromatic rings. The van der Waals surface area contributed by atoms with Crippen molar-refractivity contribution in [3.8, 4) is 0 Å². The summed E-state index contributed by atoms with van der Waals surface area (Å²) in [5.41, 5.74) is 1.43. The molecule has 0 saturated heterocycles.